The third-order valence-electron chi connectivity index (χ3n) is 2.42. The molecule has 3 N–H and O–H groups in total. The number of hydrogen-bond acceptors (Lipinski definition) is 4. The minimum absolute atomic E-state index is 0.0375. The molecule has 1 heterocycles. The van der Waals surface area contributed by atoms with Crippen molar-refractivity contribution in [2.45, 2.75) is 0 Å². The number of benzene rings is 1. The van der Waals surface area contributed by atoms with E-state index in [0.29, 0.717) is 0 Å². The first kappa shape index (κ1) is 13.2. The summed E-state index contributed by atoms with van der Waals surface area (Å²) in [6, 6.07) is 2.10. The number of carbonyl (C=O) groups is 1. The molecule has 8 heteroatoms. The Morgan fingerprint density at radius 1 is 1.53 bits per heavy atom. The lowest BCUT2D eigenvalue weighted by Gasteiger charge is -2.10. The number of halogens is 2. The Balaban J connectivity index is 2.69. The highest BCUT2D eigenvalue weighted by Gasteiger charge is 2.22. The van der Waals surface area contributed by atoms with Gasteiger partial charge in [-0.1, -0.05) is 11.6 Å². The van der Waals surface area contributed by atoms with Gasteiger partial charge in [-0.2, -0.15) is 5.10 Å². The molecule has 0 spiro atoms. The fourth-order valence-corrected chi connectivity index (χ4v) is 1.79. The van der Waals surface area contributed by atoms with E-state index in [0.717, 1.165) is 12.1 Å². The van der Waals surface area contributed by atoms with Crippen LogP contribution in [0.4, 0.5) is 4.39 Å². The standard InChI is InChI=1S/C11H8ClFN2O4/c1-19-10-7(16)2-4(12)9(13)8(10)5-3-6(11(17)18)15-14-5/h2-3,16H,1H3,(H,14,15)(H,17,18). The predicted molar refractivity (Wildman–Crippen MR) is 64.2 cm³/mol. The molecule has 19 heavy (non-hydrogen) atoms. The van der Waals surface area contributed by atoms with Crippen molar-refractivity contribution < 1.29 is 24.1 Å². The molecule has 1 aromatic heterocycles. The van der Waals surface area contributed by atoms with Gasteiger partial charge in [0.05, 0.1) is 23.4 Å². The SMILES string of the molecule is COc1c(O)cc(Cl)c(F)c1-c1cc(C(=O)O)[nH]n1. The van der Waals surface area contributed by atoms with Gasteiger partial charge < -0.3 is 14.9 Å². The number of H-pyrrole nitrogens is 1. The Labute approximate surface area is 111 Å². The van der Waals surface area contributed by atoms with Gasteiger partial charge in [-0.05, 0) is 6.07 Å². The van der Waals surface area contributed by atoms with Crippen molar-refractivity contribution in [3.63, 3.8) is 0 Å². The Morgan fingerprint density at radius 2 is 2.21 bits per heavy atom. The lowest BCUT2D eigenvalue weighted by Crippen LogP contribution is -1.95. The molecular formula is C11H8ClFN2O4. The Morgan fingerprint density at radius 3 is 2.74 bits per heavy atom. The van der Waals surface area contributed by atoms with E-state index in [1.165, 1.54) is 7.11 Å². The van der Waals surface area contributed by atoms with Gasteiger partial charge in [0.1, 0.15) is 5.69 Å². The van der Waals surface area contributed by atoms with Crippen LogP contribution in [0.25, 0.3) is 11.3 Å². The van der Waals surface area contributed by atoms with Gasteiger partial charge in [0.2, 0.25) is 0 Å². The molecule has 0 radical (unpaired) electrons. The number of phenolic OH excluding ortho intramolecular Hbond substituents is 1. The molecule has 6 nitrogen and oxygen atoms in total. The lowest BCUT2D eigenvalue weighted by atomic mass is 10.1. The summed E-state index contributed by atoms with van der Waals surface area (Å²) in [5.41, 5.74) is -0.475. The average Bonchev–Trinajstić information content (AvgIpc) is 2.82. The molecule has 100 valence electrons. The van der Waals surface area contributed by atoms with Gasteiger partial charge >= 0.3 is 5.97 Å². The summed E-state index contributed by atoms with van der Waals surface area (Å²) in [6.07, 6.45) is 0. The second-order valence-corrected chi connectivity index (χ2v) is 3.98. The van der Waals surface area contributed by atoms with E-state index < -0.39 is 11.8 Å². The first-order chi connectivity index (χ1) is 8.95. The van der Waals surface area contributed by atoms with Crippen molar-refractivity contribution in [2.75, 3.05) is 7.11 Å². The van der Waals surface area contributed by atoms with Crippen LogP contribution < -0.4 is 4.74 Å². The summed E-state index contributed by atoms with van der Waals surface area (Å²) in [4.78, 5) is 10.7. The van der Waals surface area contributed by atoms with E-state index in [4.69, 9.17) is 21.4 Å². The van der Waals surface area contributed by atoms with E-state index in [2.05, 4.69) is 10.2 Å². The second kappa shape index (κ2) is 4.77. The highest BCUT2D eigenvalue weighted by Crippen LogP contribution is 2.42. The number of aromatic carboxylic acids is 1. The van der Waals surface area contributed by atoms with Gasteiger partial charge in [-0.3, -0.25) is 5.10 Å². The molecule has 0 atom stereocenters. The minimum atomic E-state index is -1.25. The van der Waals surface area contributed by atoms with Crippen LogP contribution in [0, 0.1) is 5.82 Å². The summed E-state index contributed by atoms with van der Waals surface area (Å²) in [7, 11) is 1.23. The molecule has 0 amide bonds. The number of rotatable bonds is 3. The van der Waals surface area contributed by atoms with E-state index in [9.17, 15) is 14.3 Å². The zero-order chi connectivity index (χ0) is 14.2. The third-order valence-corrected chi connectivity index (χ3v) is 2.70. The number of ether oxygens (including phenoxy) is 1. The number of phenols is 1. The fraction of sp³-hybridized carbons (Fsp3) is 0.0909. The quantitative estimate of drug-likeness (QED) is 0.804. The summed E-state index contributed by atoms with van der Waals surface area (Å²) in [6.45, 7) is 0. The summed E-state index contributed by atoms with van der Waals surface area (Å²) in [5.74, 6) is -2.65. The van der Waals surface area contributed by atoms with Crippen LogP contribution in [0.2, 0.25) is 5.02 Å². The number of nitrogens with one attached hydrogen (secondary N) is 1. The molecule has 1 aromatic carbocycles. The van der Waals surface area contributed by atoms with Crippen LogP contribution in [-0.2, 0) is 0 Å². The van der Waals surface area contributed by atoms with Crippen LogP contribution in [-0.4, -0.2) is 33.5 Å². The van der Waals surface area contributed by atoms with Crippen LogP contribution >= 0.6 is 11.6 Å². The van der Waals surface area contributed by atoms with Crippen LogP contribution in [0.15, 0.2) is 12.1 Å². The molecule has 0 fully saturated rings. The van der Waals surface area contributed by atoms with Crippen molar-refractivity contribution in [2.24, 2.45) is 0 Å². The average molecular weight is 287 g/mol. The maximum absolute atomic E-state index is 14.0. The van der Waals surface area contributed by atoms with E-state index in [1.54, 1.807) is 0 Å². The number of methoxy groups -OCH3 is 1. The Kier molecular flexibility index (Phi) is 3.30. The first-order valence-corrected chi connectivity index (χ1v) is 5.37. The lowest BCUT2D eigenvalue weighted by molar-refractivity contribution is 0.0690. The van der Waals surface area contributed by atoms with Gasteiger partial charge in [0.25, 0.3) is 0 Å². The predicted octanol–water partition coefficient (Wildman–Crippen LogP) is 2.28. The zero-order valence-corrected chi connectivity index (χ0v) is 10.3. The number of aromatic nitrogens is 2. The molecule has 0 aliphatic rings. The third kappa shape index (κ3) is 2.19. The molecule has 0 saturated carbocycles. The number of aromatic amines is 1. The number of nitrogens with zero attached hydrogens (tertiary/aromatic N) is 1. The number of hydrogen-bond donors (Lipinski definition) is 3. The second-order valence-electron chi connectivity index (χ2n) is 3.57. The van der Waals surface area contributed by atoms with E-state index >= 15 is 0 Å². The molecule has 2 rings (SSSR count). The number of aromatic hydroxyl groups is 1. The van der Waals surface area contributed by atoms with Gasteiger partial charge in [0.15, 0.2) is 17.3 Å². The van der Waals surface area contributed by atoms with Crippen molar-refractivity contribution >= 4 is 17.6 Å². The normalized spacial score (nSPS) is 10.5. The summed E-state index contributed by atoms with van der Waals surface area (Å²) < 4.78 is 18.9. The maximum atomic E-state index is 14.0. The Hall–Kier alpha value is -2.28. The fourth-order valence-electron chi connectivity index (χ4n) is 1.59. The molecule has 0 bridgehead atoms. The van der Waals surface area contributed by atoms with Crippen LogP contribution in [0.5, 0.6) is 11.5 Å². The topological polar surface area (TPSA) is 95.4 Å². The number of carboxylic acid groups (broad SMARTS) is 1. The molecule has 2 aromatic rings. The molecule has 0 unspecified atom stereocenters. The minimum Gasteiger partial charge on any atom is -0.504 e. The van der Waals surface area contributed by atoms with Crippen molar-refractivity contribution in [1.82, 2.24) is 10.2 Å². The molecule has 0 saturated heterocycles. The van der Waals surface area contributed by atoms with Crippen LogP contribution in [0.3, 0.4) is 0 Å². The van der Waals surface area contributed by atoms with E-state index in [1.807, 2.05) is 0 Å². The molecule has 0 aliphatic heterocycles. The first-order valence-electron chi connectivity index (χ1n) is 4.99. The monoisotopic (exact) mass is 286 g/mol. The highest BCUT2D eigenvalue weighted by atomic mass is 35.5. The largest absolute Gasteiger partial charge is 0.504 e. The van der Waals surface area contributed by atoms with Crippen molar-refractivity contribution in [3.05, 3.63) is 28.7 Å². The smallest absolute Gasteiger partial charge is 0.353 e. The van der Waals surface area contributed by atoms with Gasteiger partial charge in [0, 0.05) is 6.07 Å². The Bertz CT molecular complexity index is 656. The van der Waals surface area contributed by atoms with Crippen molar-refractivity contribution in [1.29, 1.82) is 0 Å². The summed E-state index contributed by atoms with van der Waals surface area (Å²) in [5, 5.41) is 24.0. The van der Waals surface area contributed by atoms with Crippen LogP contribution in [0.1, 0.15) is 10.5 Å². The zero-order valence-electron chi connectivity index (χ0n) is 9.57. The van der Waals surface area contributed by atoms with E-state index in [-0.39, 0.29) is 33.5 Å². The maximum Gasteiger partial charge on any atom is 0.353 e. The number of carboxylic acids is 1. The molecule has 0 aliphatic carbocycles. The summed E-state index contributed by atoms with van der Waals surface area (Å²) >= 11 is 5.62. The highest BCUT2D eigenvalue weighted by molar-refractivity contribution is 6.31. The van der Waals surface area contributed by atoms with Gasteiger partial charge in [-0.25, -0.2) is 9.18 Å². The molecular weight excluding hydrogens is 279 g/mol. The van der Waals surface area contributed by atoms with Gasteiger partial charge in [-0.15, -0.1) is 0 Å². The van der Waals surface area contributed by atoms with Crippen molar-refractivity contribution in [3.8, 4) is 22.8 Å².